The average Bonchev–Trinajstić information content (AvgIpc) is 2.37. The molecule has 1 aromatic carbocycles. The maximum atomic E-state index is 12.1. The van der Waals surface area contributed by atoms with Crippen LogP contribution in [0, 0.1) is 20.8 Å². The van der Waals surface area contributed by atoms with Gasteiger partial charge in [0.2, 0.25) is 0 Å². The van der Waals surface area contributed by atoms with Crippen molar-refractivity contribution in [2.75, 3.05) is 0 Å². The van der Waals surface area contributed by atoms with Crippen LogP contribution in [0.15, 0.2) is 24.3 Å². The van der Waals surface area contributed by atoms with Crippen LogP contribution in [0.5, 0.6) is 0 Å². The van der Waals surface area contributed by atoms with Crippen LogP contribution < -0.4 is 0 Å². The second-order valence-electron chi connectivity index (χ2n) is 5.33. The Kier molecular flexibility index (Phi) is 4.03. The largest absolute Gasteiger partial charge is 0.294 e. The van der Waals surface area contributed by atoms with Gasteiger partial charge in [0.15, 0.2) is 11.6 Å². The summed E-state index contributed by atoms with van der Waals surface area (Å²) in [5.41, 5.74) is 5.10. The van der Waals surface area contributed by atoms with E-state index in [9.17, 15) is 9.59 Å². The molecule has 2 aromatic rings. The van der Waals surface area contributed by atoms with Crippen LogP contribution in [0.25, 0.3) is 11.1 Å². The molecule has 2 rings (SSSR count). The Balaban J connectivity index is 3.00. The lowest BCUT2D eigenvalue weighted by Crippen LogP contribution is -2.11. The Labute approximate surface area is 125 Å². The van der Waals surface area contributed by atoms with Crippen molar-refractivity contribution in [3.8, 4) is 11.1 Å². The van der Waals surface area contributed by atoms with Gasteiger partial charge in [0.1, 0.15) is 0 Å². The second-order valence-corrected chi connectivity index (χ2v) is 5.33. The molecule has 0 fully saturated rings. The van der Waals surface area contributed by atoms with Gasteiger partial charge in [-0.1, -0.05) is 24.3 Å². The van der Waals surface area contributed by atoms with Crippen molar-refractivity contribution < 1.29 is 9.59 Å². The molecule has 1 aromatic heterocycles. The van der Waals surface area contributed by atoms with Gasteiger partial charge in [-0.15, -0.1) is 0 Å². The van der Waals surface area contributed by atoms with Crippen molar-refractivity contribution in [3.63, 3.8) is 0 Å². The van der Waals surface area contributed by atoms with Gasteiger partial charge in [0, 0.05) is 28.1 Å². The van der Waals surface area contributed by atoms with Crippen molar-refractivity contribution in [2.45, 2.75) is 34.6 Å². The third-order valence-corrected chi connectivity index (χ3v) is 3.68. The molecule has 0 saturated heterocycles. The topological polar surface area (TPSA) is 47.0 Å². The number of carbonyl (C=O) groups is 2. The summed E-state index contributed by atoms with van der Waals surface area (Å²) in [7, 11) is 0. The predicted octanol–water partition coefficient (Wildman–Crippen LogP) is 4.08. The van der Waals surface area contributed by atoms with Crippen LogP contribution in [0.3, 0.4) is 0 Å². The molecule has 0 radical (unpaired) electrons. The van der Waals surface area contributed by atoms with E-state index >= 15 is 0 Å². The molecule has 0 amide bonds. The number of carbonyl (C=O) groups excluding carboxylic acids is 2. The number of benzene rings is 1. The first-order valence-electron chi connectivity index (χ1n) is 6.93. The first kappa shape index (κ1) is 15.1. The zero-order valence-corrected chi connectivity index (χ0v) is 13.1. The number of Topliss-reactive ketones (excluding diaryl/α,β-unsaturated/α-hetero) is 2. The molecule has 0 atom stereocenters. The van der Waals surface area contributed by atoms with Gasteiger partial charge in [-0.2, -0.15) is 0 Å². The van der Waals surface area contributed by atoms with Crippen LogP contribution >= 0.6 is 0 Å². The van der Waals surface area contributed by atoms with E-state index in [2.05, 4.69) is 4.98 Å². The summed E-state index contributed by atoms with van der Waals surface area (Å²) in [4.78, 5) is 28.6. The van der Waals surface area contributed by atoms with Crippen LogP contribution in [-0.2, 0) is 0 Å². The van der Waals surface area contributed by atoms with Gasteiger partial charge in [-0.25, -0.2) is 0 Å². The monoisotopic (exact) mass is 281 g/mol. The normalized spacial score (nSPS) is 10.5. The minimum atomic E-state index is -0.0687. The quantitative estimate of drug-likeness (QED) is 0.796. The number of pyridine rings is 1. The molecular weight excluding hydrogens is 262 g/mol. The zero-order valence-electron chi connectivity index (χ0n) is 13.1. The Morgan fingerprint density at radius 2 is 1.33 bits per heavy atom. The summed E-state index contributed by atoms with van der Waals surface area (Å²) in [5, 5.41) is 0. The fourth-order valence-electron chi connectivity index (χ4n) is 2.83. The molecule has 0 aliphatic rings. The van der Waals surface area contributed by atoms with Gasteiger partial charge in [-0.3, -0.25) is 14.6 Å². The number of hydrogen-bond donors (Lipinski definition) is 0. The molecule has 3 heteroatoms. The first-order chi connectivity index (χ1) is 9.84. The molecular formula is C18H19NO2. The highest BCUT2D eigenvalue weighted by atomic mass is 16.1. The third kappa shape index (κ3) is 2.64. The molecule has 1 heterocycles. The van der Waals surface area contributed by atoms with Gasteiger partial charge >= 0.3 is 0 Å². The lowest BCUT2D eigenvalue weighted by Gasteiger charge is -2.17. The molecule has 0 spiro atoms. The summed E-state index contributed by atoms with van der Waals surface area (Å²) >= 11 is 0. The number of ketones is 2. The van der Waals surface area contributed by atoms with Gasteiger partial charge in [-0.05, 0) is 45.7 Å². The highest BCUT2D eigenvalue weighted by Crippen LogP contribution is 2.33. The van der Waals surface area contributed by atoms with E-state index in [1.54, 1.807) is 0 Å². The molecule has 0 unspecified atom stereocenters. The van der Waals surface area contributed by atoms with Gasteiger partial charge < -0.3 is 0 Å². The Hall–Kier alpha value is -2.29. The van der Waals surface area contributed by atoms with Gasteiger partial charge in [0.25, 0.3) is 0 Å². The van der Waals surface area contributed by atoms with Crippen LogP contribution in [0.1, 0.15) is 51.5 Å². The van der Waals surface area contributed by atoms with E-state index in [4.69, 9.17) is 0 Å². The molecule has 108 valence electrons. The van der Waals surface area contributed by atoms with E-state index in [0.717, 1.165) is 16.7 Å². The highest BCUT2D eigenvalue weighted by Gasteiger charge is 2.23. The minimum Gasteiger partial charge on any atom is -0.294 e. The number of aromatic nitrogens is 1. The third-order valence-electron chi connectivity index (χ3n) is 3.68. The molecule has 0 saturated carbocycles. The average molecular weight is 281 g/mol. The van der Waals surface area contributed by atoms with E-state index < -0.39 is 0 Å². The van der Waals surface area contributed by atoms with E-state index in [1.807, 2.05) is 45.0 Å². The maximum Gasteiger partial charge on any atom is 0.162 e. The summed E-state index contributed by atoms with van der Waals surface area (Å²) in [6, 6.07) is 7.79. The van der Waals surface area contributed by atoms with Crippen LogP contribution in [0.4, 0.5) is 0 Å². The summed E-state index contributed by atoms with van der Waals surface area (Å²) in [6.45, 7) is 8.65. The fraction of sp³-hybridized carbons (Fsp3) is 0.278. The molecule has 0 aliphatic carbocycles. The molecule has 21 heavy (non-hydrogen) atoms. The van der Waals surface area contributed by atoms with Crippen molar-refractivity contribution in [1.29, 1.82) is 0 Å². The molecule has 0 aliphatic heterocycles. The zero-order chi connectivity index (χ0) is 15.7. The van der Waals surface area contributed by atoms with Crippen molar-refractivity contribution in [3.05, 3.63) is 52.3 Å². The van der Waals surface area contributed by atoms with Crippen molar-refractivity contribution in [1.82, 2.24) is 4.98 Å². The SMILES string of the molecule is CC(=O)c1c(C)nc(C)c(C(C)=O)c1-c1ccccc1C. The van der Waals surface area contributed by atoms with Crippen LogP contribution in [0.2, 0.25) is 0 Å². The van der Waals surface area contributed by atoms with Crippen LogP contribution in [-0.4, -0.2) is 16.6 Å². The lowest BCUT2D eigenvalue weighted by atomic mass is 9.87. The Bertz CT molecular complexity index is 707. The van der Waals surface area contributed by atoms with Crippen molar-refractivity contribution in [2.24, 2.45) is 0 Å². The smallest absolute Gasteiger partial charge is 0.162 e. The molecule has 0 N–H and O–H groups in total. The molecule has 3 nitrogen and oxygen atoms in total. The van der Waals surface area contributed by atoms with E-state index in [-0.39, 0.29) is 11.6 Å². The predicted molar refractivity (Wildman–Crippen MR) is 83.9 cm³/mol. The standard InChI is InChI=1S/C18H19NO2/c1-10-8-6-7-9-15(10)18-16(13(4)20)11(2)19-12(3)17(18)14(5)21/h6-9H,1-5H3. The number of rotatable bonds is 3. The van der Waals surface area contributed by atoms with Gasteiger partial charge in [0.05, 0.1) is 0 Å². The minimum absolute atomic E-state index is 0.0687. The number of hydrogen-bond acceptors (Lipinski definition) is 3. The summed E-state index contributed by atoms with van der Waals surface area (Å²) in [5.74, 6) is -0.137. The summed E-state index contributed by atoms with van der Waals surface area (Å²) in [6.07, 6.45) is 0. The Morgan fingerprint density at radius 3 is 1.76 bits per heavy atom. The summed E-state index contributed by atoms with van der Waals surface area (Å²) < 4.78 is 0. The van der Waals surface area contributed by atoms with E-state index in [0.29, 0.717) is 22.5 Å². The second kappa shape index (κ2) is 5.60. The number of nitrogens with zero attached hydrogens (tertiary/aromatic N) is 1. The molecule has 0 bridgehead atoms. The highest BCUT2D eigenvalue weighted by molar-refractivity contribution is 6.10. The maximum absolute atomic E-state index is 12.1. The Morgan fingerprint density at radius 1 is 0.857 bits per heavy atom. The first-order valence-corrected chi connectivity index (χ1v) is 6.93. The number of aryl methyl sites for hydroxylation is 3. The lowest BCUT2D eigenvalue weighted by molar-refractivity contribution is 0.101. The van der Waals surface area contributed by atoms with E-state index in [1.165, 1.54) is 13.8 Å². The fourth-order valence-corrected chi connectivity index (χ4v) is 2.83. The van der Waals surface area contributed by atoms with Crippen molar-refractivity contribution >= 4 is 11.6 Å².